The number of nitrogens with one attached hydrogen (secondary N) is 1. The lowest BCUT2D eigenvalue weighted by Gasteiger charge is -2.24. The van der Waals surface area contributed by atoms with Crippen LogP contribution < -0.4 is 11.1 Å². The van der Waals surface area contributed by atoms with Crippen molar-refractivity contribution in [3.8, 4) is 0 Å². The Labute approximate surface area is 180 Å². The first-order valence-electron chi connectivity index (χ1n) is 9.64. The molecule has 1 aliphatic carbocycles. The molecular weight excluding hydrogens is 436 g/mol. The fraction of sp³-hybridized carbons (Fsp3) is 0.348. The van der Waals surface area contributed by atoms with E-state index in [2.05, 4.69) is 34.7 Å². The molecule has 3 nitrogen and oxygen atoms in total. The molecule has 0 aliphatic heterocycles. The Kier molecular flexibility index (Phi) is 6.51. The van der Waals surface area contributed by atoms with Gasteiger partial charge in [-0.15, -0.1) is 0 Å². The van der Waals surface area contributed by atoms with E-state index in [4.69, 9.17) is 17.3 Å². The van der Waals surface area contributed by atoms with Crippen LogP contribution in [0, 0.1) is 0 Å². The lowest BCUT2D eigenvalue weighted by atomic mass is 9.88. The van der Waals surface area contributed by atoms with Crippen molar-refractivity contribution in [2.45, 2.75) is 50.5 Å². The molecule has 0 radical (unpaired) electrons. The van der Waals surface area contributed by atoms with Crippen molar-refractivity contribution in [3.63, 3.8) is 0 Å². The average molecular weight is 462 g/mol. The lowest BCUT2D eigenvalue weighted by molar-refractivity contribution is -0.124. The molecule has 2 aromatic rings. The quantitative estimate of drug-likeness (QED) is 0.561. The second-order valence-electron chi connectivity index (χ2n) is 7.57. The summed E-state index contributed by atoms with van der Waals surface area (Å²) in [4.78, 5) is 13.3. The fourth-order valence-corrected chi connectivity index (χ4v) is 4.14. The number of amides is 1. The molecule has 1 aliphatic rings. The Morgan fingerprint density at radius 1 is 1.29 bits per heavy atom. The van der Waals surface area contributed by atoms with E-state index < -0.39 is 5.41 Å². The Balaban J connectivity index is 1.80. The summed E-state index contributed by atoms with van der Waals surface area (Å²) in [7, 11) is 0. The minimum Gasteiger partial charge on any atom is -0.401 e. The normalized spacial score (nSPS) is 15.7. The molecule has 3 N–H and O–H groups in total. The van der Waals surface area contributed by atoms with Gasteiger partial charge in [0.15, 0.2) is 0 Å². The third-order valence-corrected chi connectivity index (χ3v) is 6.16. The first-order chi connectivity index (χ1) is 13.4. The van der Waals surface area contributed by atoms with Crippen LogP contribution in [0.3, 0.4) is 0 Å². The monoisotopic (exact) mass is 460 g/mol. The van der Waals surface area contributed by atoms with Gasteiger partial charge in [0.2, 0.25) is 5.91 Å². The number of hydrogen-bond acceptors (Lipinski definition) is 2. The third kappa shape index (κ3) is 4.61. The average Bonchev–Trinajstić information content (AvgIpc) is 3.45. The van der Waals surface area contributed by atoms with Crippen LogP contribution in [0.1, 0.15) is 42.9 Å². The highest BCUT2D eigenvalue weighted by molar-refractivity contribution is 9.10. The molecule has 0 heterocycles. The molecule has 0 spiro atoms. The van der Waals surface area contributed by atoms with Gasteiger partial charge in [0.1, 0.15) is 0 Å². The van der Waals surface area contributed by atoms with Gasteiger partial charge in [0, 0.05) is 15.2 Å². The Bertz CT molecular complexity index is 875. The molecule has 0 aromatic heterocycles. The zero-order chi connectivity index (χ0) is 20.3. The molecule has 1 amide bonds. The minimum absolute atomic E-state index is 0.0286. The van der Waals surface area contributed by atoms with Crippen molar-refractivity contribution < 1.29 is 4.79 Å². The Morgan fingerprint density at radius 3 is 2.54 bits per heavy atom. The topological polar surface area (TPSA) is 55.1 Å². The van der Waals surface area contributed by atoms with Crippen LogP contribution >= 0.6 is 27.5 Å². The molecule has 148 valence electrons. The molecule has 0 saturated heterocycles. The maximum atomic E-state index is 13.3. The smallest absolute Gasteiger partial charge is 0.231 e. The molecule has 5 heteroatoms. The number of carbonyl (C=O) groups excluding carboxylic acids is 1. The van der Waals surface area contributed by atoms with Crippen molar-refractivity contribution in [2.24, 2.45) is 5.73 Å². The van der Waals surface area contributed by atoms with Gasteiger partial charge < -0.3 is 11.1 Å². The van der Waals surface area contributed by atoms with Crippen LogP contribution in [0.4, 0.5) is 0 Å². The standard InChI is InChI=1S/C23H26BrClN2O/c1-3-4-17-14-19(25)9-10-20(17)23(11-12-23)22(28)27-21(15(2)26)13-16-5-7-18(24)8-6-16/h5-10,14,21H,2-4,11-13,26H2,1H3,(H,27,28)/t21-/m0/s1. The van der Waals surface area contributed by atoms with E-state index in [9.17, 15) is 4.79 Å². The molecule has 1 atom stereocenters. The third-order valence-electron chi connectivity index (χ3n) is 5.39. The van der Waals surface area contributed by atoms with Gasteiger partial charge in [-0.25, -0.2) is 0 Å². The summed E-state index contributed by atoms with van der Waals surface area (Å²) in [5.74, 6) is 0.0286. The Hall–Kier alpha value is -1.78. The SMILES string of the molecule is C=C(N)[C@H](Cc1ccc(Br)cc1)NC(=O)C1(c2ccc(Cl)cc2CCC)CC1. The van der Waals surface area contributed by atoms with Crippen LogP contribution in [0.5, 0.6) is 0 Å². The molecule has 28 heavy (non-hydrogen) atoms. The van der Waals surface area contributed by atoms with Gasteiger partial charge in [0.05, 0.1) is 11.5 Å². The van der Waals surface area contributed by atoms with E-state index in [0.717, 1.165) is 41.3 Å². The second-order valence-corrected chi connectivity index (χ2v) is 8.92. The highest BCUT2D eigenvalue weighted by Gasteiger charge is 2.52. The van der Waals surface area contributed by atoms with E-state index in [1.165, 1.54) is 5.56 Å². The number of rotatable bonds is 8. The summed E-state index contributed by atoms with van der Waals surface area (Å²) >= 11 is 9.64. The largest absolute Gasteiger partial charge is 0.401 e. The van der Waals surface area contributed by atoms with Gasteiger partial charge in [0.25, 0.3) is 0 Å². The van der Waals surface area contributed by atoms with Crippen molar-refractivity contribution in [1.82, 2.24) is 5.32 Å². The Morgan fingerprint density at radius 2 is 1.96 bits per heavy atom. The van der Waals surface area contributed by atoms with E-state index >= 15 is 0 Å². The summed E-state index contributed by atoms with van der Waals surface area (Å²) in [5.41, 5.74) is 9.39. The number of benzene rings is 2. The molecule has 2 aromatic carbocycles. The summed E-state index contributed by atoms with van der Waals surface area (Å²) in [6.45, 7) is 6.03. The number of hydrogen-bond donors (Lipinski definition) is 2. The zero-order valence-corrected chi connectivity index (χ0v) is 18.4. The lowest BCUT2D eigenvalue weighted by Crippen LogP contribution is -2.45. The van der Waals surface area contributed by atoms with E-state index in [-0.39, 0.29) is 11.9 Å². The van der Waals surface area contributed by atoms with Crippen molar-refractivity contribution >= 4 is 33.4 Å². The molecule has 0 unspecified atom stereocenters. The molecule has 0 bridgehead atoms. The van der Waals surface area contributed by atoms with Crippen LogP contribution in [-0.2, 0) is 23.1 Å². The zero-order valence-electron chi connectivity index (χ0n) is 16.1. The van der Waals surface area contributed by atoms with E-state index in [1.54, 1.807) is 0 Å². The summed E-state index contributed by atoms with van der Waals surface area (Å²) in [6, 6.07) is 13.6. The van der Waals surface area contributed by atoms with Crippen molar-refractivity contribution in [2.75, 3.05) is 0 Å². The number of aryl methyl sites for hydroxylation is 1. The summed E-state index contributed by atoms with van der Waals surface area (Å²) in [5, 5.41) is 3.87. The predicted octanol–water partition coefficient (Wildman–Crippen LogP) is 5.29. The van der Waals surface area contributed by atoms with Crippen LogP contribution in [0.2, 0.25) is 5.02 Å². The highest BCUT2D eigenvalue weighted by Crippen LogP contribution is 2.50. The molecule has 3 rings (SSSR count). The number of nitrogens with two attached hydrogens (primary N) is 1. The van der Waals surface area contributed by atoms with Crippen LogP contribution in [-0.4, -0.2) is 11.9 Å². The predicted molar refractivity (Wildman–Crippen MR) is 119 cm³/mol. The van der Waals surface area contributed by atoms with E-state index in [1.807, 2.05) is 42.5 Å². The minimum atomic E-state index is -0.470. The molecule has 1 fully saturated rings. The van der Waals surface area contributed by atoms with Crippen LogP contribution in [0.15, 0.2) is 59.2 Å². The van der Waals surface area contributed by atoms with Gasteiger partial charge in [-0.1, -0.05) is 65.7 Å². The summed E-state index contributed by atoms with van der Waals surface area (Å²) in [6.07, 6.45) is 4.24. The molecule has 1 saturated carbocycles. The van der Waals surface area contributed by atoms with Gasteiger partial charge >= 0.3 is 0 Å². The highest BCUT2D eigenvalue weighted by atomic mass is 79.9. The van der Waals surface area contributed by atoms with Gasteiger partial charge in [-0.3, -0.25) is 4.79 Å². The second kappa shape index (κ2) is 8.71. The number of halogens is 2. The maximum Gasteiger partial charge on any atom is 0.231 e. The van der Waals surface area contributed by atoms with Crippen LogP contribution in [0.25, 0.3) is 0 Å². The maximum absolute atomic E-state index is 13.3. The van der Waals surface area contributed by atoms with E-state index in [0.29, 0.717) is 17.1 Å². The summed E-state index contributed by atoms with van der Waals surface area (Å²) < 4.78 is 1.02. The van der Waals surface area contributed by atoms with Crippen molar-refractivity contribution in [1.29, 1.82) is 0 Å². The first kappa shape index (κ1) is 20.9. The van der Waals surface area contributed by atoms with Gasteiger partial charge in [-0.2, -0.15) is 0 Å². The first-order valence-corrected chi connectivity index (χ1v) is 10.8. The fourth-order valence-electron chi connectivity index (χ4n) is 3.68. The van der Waals surface area contributed by atoms with Crippen molar-refractivity contribution in [3.05, 3.63) is 80.9 Å². The number of carbonyl (C=O) groups is 1. The molecular formula is C23H26BrClN2O. The van der Waals surface area contributed by atoms with Gasteiger partial charge in [-0.05, 0) is 66.6 Å².